The van der Waals surface area contributed by atoms with Gasteiger partial charge in [-0.15, -0.1) is 0 Å². The van der Waals surface area contributed by atoms with E-state index in [4.69, 9.17) is 29.4 Å². The van der Waals surface area contributed by atoms with Crippen molar-refractivity contribution < 1.29 is 51.9 Å². The highest BCUT2D eigenvalue weighted by Gasteiger charge is 2.41. The molecule has 104 valence electrons. The van der Waals surface area contributed by atoms with Gasteiger partial charge in [-0.05, 0) is 0 Å². The summed E-state index contributed by atoms with van der Waals surface area (Å²) < 4.78 is 46.3. The van der Waals surface area contributed by atoms with E-state index in [1.165, 1.54) is 0 Å². The van der Waals surface area contributed by atoms with Gasteiger partial charge in [-0.3, -0.25) is 18.3 Å². The molecule has 2 unspecified atom stereocenters. The van der Waals surface area contributed by atoms with E-state index < -0.39 is 42.2 Å². The molecule has 0 aromatic carbocycles. The first-order valence-corrected chi connectivity index (χ1v) is 10.7. The quantitative estimate of drug-likeness (QED) is 0.347. The zero-order chi connectivity index (χ0) is 14.1. The molecule has 0 aliphatic carbocycles. The fourth-order valence-electron chi connectivity index (χ4n) is 0.717. The van der Waals surface area contributed by atoms with Gasteiger partial charge in [0.25, 0.3) is 0 Å². The molecule has 6 N–H and O–H groups in total. The SMILES string of the molecule is O=P(O)(O)CP(=O)(O)OP(=O)(O)CP(=O)(O)O. The molecule has 0 fully saturated rings. The van der Waals surface area contributed by atoms with Crippen LogP contribution in [0.1, 0.15) is 0 Å². The highest BCUT2D eigenvalue weighted by molar-refractivity contribution is 7.78. The van der Waals surface area contributed by atoms with E-state index >= 15 is 0 Å². The van der Waals surface area contributed by atoms with Crippen molar-refractivity contribution >= 4 is 30.4 Å². The minimum Gasteiger partial charge on any atom is -0.324 e. The Morgan fingerprint density at radius 2 is 0.882 bits per heavy atom. The summed E-state index contributed by atoms with van der Waals surface area (Å²) in [4.78, 5) is 51.1. The summed E-state index contributed by atoms with van der Waals surface area (Å²) in [6, 6.07) is 0. The lowest BCUT2D eigenvalue weighted by Crippen LogP contribution is -1.98. The molecule has 0 spiro atoms. The maximum absolute atomic E-state index is 11.0. The van der Waals surface area contributed by atoms with Crippen molar-refractivity contribution in [2.24, 2.45) is 0 Å². The van der Waals surface area contributed by atoms with E-state index in [-0.39, 0.29) is 0 Å². The zero-order valence-electron chi connectivity index (χ0n) is 7.93. The molecular weight excluding hydrogens is 324 g/mol. The lowest BCUT2D eigenvalue weighted by Gasteiger charge is -2.17. The van der Waals surface area contributed by atoms with Gasteiger partial charge in [-0.25, -0.2) is 4.31 Å². The van der Waals surface area contributed by atoms with Crippen molar-refractivity contribution in [2.75, 3.05) is 11.8 Å². The van der Waals surface area contributed by atoms with Crippen LogP contribution in [0.4, 0.5) is 0 Å². The lowest BCUT2D eigenvalue weighted by molar-refractivity contribution is 0.329. The van der Waals surface area contributed by atoms with Crippen LogP contribution in [0.25, 0.3) is 0 Å². The molecule has 0 saturated heterocycles. The lowest BCUT2D eigenvalue weighted by atomic mass is 11.9. The molecule has 0 aromatic rings. The van der Waals surface area contributed by atoms with Crippen LogP contribution in [0.2, 0.25) is 0 Å². The molecule has 2 atom stereocenters. The molecule has 0 aromatic heterocycles. The summed E-state index contributed by atoms with van der Waals surface area (Å²) in [6.45, 7) is 0. The normalized spacial score (nSPS) is 20.6. The molecule has 11 nitrogen and oxygen atoms in total. The number of hydrogen-bond acceptors (Lipinski definition) is 5. The first-order valence-electron chi connectivity index (χ1n) is 3.56. The molecule has 17 heavy (non-hydrogen) atoms. The van der Waals surface area contributed by atoms with Crippen LogP contribution in [0.5, 0.6) is 0 Å². The Balaban J connectivity index is 4.84. The molecule has 0 bridgehead atoms. The van der Waals surface area contributed by atoms with Crippen molar-refractivity contribution in [1.29, 1.82) is 0 Å². The largest absolute Gasteiger partial charge is 0.347 e. The second-order valence-corrected chi connectivity index (χ2v) is 11.1. The number of rotatable bonds is 6. The highest BCUT2D eigenvalue weighted by atomic mass is 31.3. The summed E-state index contributed by atoms with van der Waals surface area (Å²) in [6.07, 6.45) is 0. The predicted molar refractivity (Wildman–Crippen MR) is 54.6 cm³/mol. The van der Waals surface area contributed by atoms with Crippen LogP contribution in [0.3, 0.4) is 0 Å². The van der Waals surface area contributed by atoms with Crippen LogP contribution in [0, 0.1) is 0 Å². The summed E-state index contributed by atoms with van der Waals surface area (Å²) in [5, 5.41) is 0. The van der Waals surface area contributed by atoms with Crippen molar-refractivity contribution in [3.63, 3.8) is 0 Å². The van der Waals surface area contributed by atoms with Gasteiger partial charge < -0.3 is 29.4 Å². The Labute approximate surface area is 94.8 Å². The van der Waals surface area contributed by atoms with Crippen LogP contribution in [-0.2, 0) is 22.6 Å². The molecular formula is C2H10O11P4. The summed E-state index contributed by atoms with van der Waals surface area (Å²) in [5.74, 6) is -3.46. The van der Waals surface area contributed by atoms with Gasteiger partial charge in [-0.1, -0.05) is 0 Å². The third-order valence-corrected chi connectivity index (χ3v) is 8.83. The summed E-state index contributed by atoms with van der Waals surface area (Å²) >= 11 is 0. The molecule has 0 rings (SSSR count). The molecule has 0 aliphatic rings. The van der Waals surface area contributed by atoms with Gasteiger partial charge in [0, 0.05) is 0 Å². The molecule has 0 amide bonds. The van der Waals surface area contributed by atoms with Crippen LogP contribution >= 0.6 is 30.4 Å². The third kappa shape index (κ3) is 10.3. The topological polar surface area (TPSA) is 199 Å². The van der Waals surface area contributed by atoms with Crippen molar-refractivity contribution in [3.8, 4) is 0 Å². The molecule has 0 heterocycles. The minimum atomic E-state index is -5.14. The van der Waals surface area contributed by atoms with Gasteiger partial charge in [-0.2, -0.15) is 0 Å². The molecule has 0 radical (unpaired) electrons. The Morgan fingerprint density at radius 3 is 1.06 bits per heavy atom. The third-order valence-electron chi connectivity index (χ3n) is 0.981. The average Bonchev–Trinajstić information content (AvgIpc) is 1.65. The van der Waals surface area contributed by atoms with Crippen molar-refractivity contribution in [1.82, 2.24) is 0 Å². The fourth-order valence-corrected chi connectivity index (χ4v) is 7.38. The predicted octanol–water partition coefficient (Wildman–Crippen LogP) is -0.356. The Hall–Kier alpha value is 0.640. The Bertz CT molecular complexity index is 410. The maximum Gasteiger partial charge on any atom is 0.347 e. The number of hydrogen-bond donors (Lipinski definition) is 6. The summed E-state index contributed by atoms with van der Waals surface area (Å²) in [7, 11) is -20.3. The van der Waals surface area contributed by atoms with Gasteiger partial charge in [0.15, 0.2) is 11.8 Å². The van der Waals surface area contributed by atoms with Crippen LogP contribution < -0.4 is 0 Å². The van der Waals surface area contributed by atoms with E-state index in [2.05, 4.69) is 4.31 Å². The molecule has 0 saturated carbocycles. The smallest absolute Gasteiger partial charge is 0.324 e. The van der Waals surface area contributed by atoms with Gasteiger partial charge in [0.1, 0.15) is 0 Å². The van der Waals surface area contributed by atoms with E-state index in [9.17, 15) is 18.3 Å². The minimum absolute atomic E-state index is 1.73. The van der Waals surface area contributed by atoms with E-state index in [1.807, 2.05) is 0 Å². The highest BCUT2D eigenvalue weighted by Crippen LogP contribution is 2.67. The summed E-state index contributed by atoms with van der Waals surface area (Å²) in [5.41, 5.74) is 0. The van der Waals surface area contributed by atoms with Crippen LogP contribution in [0.15, 0.2) is 0 Å². The van der Waals surface area contributed by atoms with Gasteiger partial charge >= 0.3 is 30.4 Å². The monoisotopic (exact) mass is 334 g/mol. The second-order valence-electron chi connectivity index (χ2n) is 2.97. The Morgan fingerprint density at radius 1 is 0.647 bits per heavy atom. The van der Waals surface area contributed by atoms with Crippen molar-refractivity contribution in [2.45, 2.75) is 0 Å². The maximum atomic E-state index is 11.0. The van der Waals surface area contributed by atoms with E-state index in [1.54, 1.807) is 0 Å². The molecule has 15 heteroatoms. The standard InChI is InChI=1S/C2H10O11P4/c3-14(4,5)1-16(9,10)13-17(11,12)2-15(6,7)8/h1-2H2,(H,9,10)(H,11,12)(H2,3,4,5)(H2,6,7,8). The van der Waals surface area contributed by atoms with E-state index in [0.717, 1.165) is 0 Å². The molecule has 0 aliphatic heterocycles. The van der Waals surface area contributed by atoms with Gasteiger partial charge in [0.05, 0.1) is 0 Å². The average molecular weight is 334 g/mol. The van der Waals surface area contributed by atoms with E-state index in [0.29, 0.717) is 0 Å². The van der Waals surface area contributed by atoms with Crippen LogP contribution in [-0.4, -0.2) is 41.2 Å². The van der Waals surface area contributed by atoms with Gasteiger partial charge in [0.2, 0.25) is 0 Å². The Kier molecular flexibility index (Phi) is 5.53. The first-order chi connectivity index (χ1) is 7.12. The second kappa shape index (κ2) is 5.33. The van der Waals surface area contributed by atoms with Crippen molar-refractivity contribution in [3.05, 3.63) is 0 Å². The fraction of sp³-hybridized carbons (Fsp3) is 1.00. The zero-order valence-corrected chi connectivity index (χ0v) is 11.5. The first kappa shape index (κ1) is 17.6.